The van der Waals surface area contributed by atoms with E-state index in [-0.39, 0.29) is 0 Å². The van der Waals surface area contributed by atoms with Crippen molar-refractivity contribution < 1.29 is 0 Å². The summed E-state index contributed by atoms with van der Waals surface area (Å²) in [6, 6.07) is 12.4. The van der Waals surface area contributed by atoms with Gasteiger partial charge in [0.05, 0.1) is 0 Å². The Morgan fingerprint density at radius 2 is 2.05 bits per heavy atom. The molecule has 2 rings (SSSR count). The number of benzene rings is 1. The predicted molar refractivity (Wildman–Crippen MR) is 81.3 cm³/mol. The van der Waals surface area contributed by atoms with Crippen LogP contribution in [-0.4, -0.2) is 23.6 Å². The molecule has 0 saturated carbocycles. The highest BCUT2D eigenvalue weighted by atomic mass is 15.1. The second-order valence-electron chi connectivity index (χ2n) is 5.20. The molecule has 0 aliphatic rings. The molecule has 1 N–H and O–H groups in total. The zero-order valence-corrected chi connectivity index (χ0v) is 12.2. The minimum Gasteiger partial charge on any atom is -0.381 e. The Labute approximate surface area is 120 Å². The molecule has 20 heavy (non-hydrogen) atoms. The van der Waals surface area contributed by atoms with Crippen molar-refractivity contribution in [1.82, 2.24) is 9.47 Å². The Morgan fingerprint density at radius 1 is 1.30 bits per heavy atom. The van der Waals surface area contributed by atoms with Crippen LogP contribution in [0, 0.1) is 11.3 Å². The summed E-state index contributed by atoms with van der Waals surface area (Å²) in [5.41, 5.74) is 4.21. The van der Waals surface area contributed by atoms with Crippen molar-refractivity contribution in [2.24, 2.45) is 7.05 Å². The van der Waals surface area contributed by atoms with Gasteiger partial charge < -0.3 is 14.8 Å². The molecule has 0 unspecified atom stereocenters. The van der Waals surface area contributed by atoms with Crippen molar-refractivity contribution in [3.63, 3.8) is 0 Å². The number of aryl methyl sites for hydroxylation is 1. The SMILES string of the molecule is CN(C)Cc1ccccc1NCc1cc(C#N)n(C)c1. The van der Waals surface area contributed by atoms with Gasteiger partial charge in [0.15, 0.2) is 0 Å². The molecule has 0 aliphatic carbocycles. The van der Waals surface area contributed by atoms with Gasteiger partial charge in [-0.3, -0.25) is 0 Å². The normalized spacial score (nSPS) is 10.6. The Kier molecular flexibility index (Phi) is 4.44. The first-order valence-corrected chi connectivity index (χ1v) is 6.62. The van der Waals surface area contributed by atoms with E-state index in [0.29, 0.717) is 5.69 Å². The summed E-state index contributed by atoms with van der Waals surface area (Å²) in [6.45, 7) is 1.63. The molecule has 104 valence electrons. The maximum Gasteiger partial charge on any atom is 0.120 e. The molecule has 2 aromatic rings. The van der Waals surface area contributed by atoms with Gasteiger partial charge in [0.1, 0.15) is 11.8 Å². The molecule has 0 bridgehead atoms. The third-order valence-corrected chi connectivity index (χ3v) is 3.16. The number of anilines is 1. The summed E-state index contributed by atoms with van der Waals surface area (Å²) < 4.78 is 1.85. The van der Waals surface area contributed by atoms with E-state index in [1.54, 1.807) is 0 Å². The number of nitrogens with one attached hydrogen (secondary N) is 1. The molecule has 0 radical (unpaired) electrons. The van der Waals surface area contributed by atoms with Gasteiger partial charge in [-0.25, -0.2) is 0 Å². The first-order chi connectivity index (χ1) is 9.60. The van der Waals surface area contributed by atoms with Crippen molar-refractivity contribution >= 4 is 5.69 Å². The summed E-state index contributed by atoms with van der Waals surface area (Å²) in [5, 5.41) is 12.4. The molecule has 4 nitrogen and oxygen atoms in total. The first-order valence-electron chi connectivity index (χ1n) is 6.62. The van der Waals surface area contributed by atoms with Gasteiger partial charge in [-0.2, -0.15) is 5.26 Å². The number of hydrogen-bond acceptors (Lipinski definition) is 3. The Bertz CT molecular complexity index is 620. The van der Waals surface area contributed by atoms with E-state index >= 15 is 0 Å². The molecule has 0 aliphatic heterocycles. The van der Waals surface area contributed by atoms with Crippen LogP contribution < -0.4 is 5.32 Å². The van der Waals surface area contributed by atoms with Crippen LogP contribution in [0.5, 0.6) is 0 Å². The second kappa shape index (κ2) is 6.27. The van der Waals surface area contributed by atoms with Gasteiger partial charge in [-0.15, -0.1) is 0 Å². The quantitative estimate of drug-likeness (QED) is 0.906. The number of para-hydroxylation sites is 1. The van der Waals surface area contributed by atoms with Crippen LogP contribution in [0.4, 0.5) is 5.69 Å². The van der Waals surface area contributed by atoms with Gasteiger partial charge in [0, 0.05) is 32.0 Å². The van der Waals surface area contributed by atoms with E-state index < -0.39 is 0 Å². The molecule has 0 atom stereocenters. The van der Waals surface area contributed by atoms with Crippen LogP contribution in [0.1, 0.15) is 16.8 Å². The number of hydrogen-bond donors (Lipinski definition) is 1. The summed E-state index contributed by atoms with van der Waals surface area (Å²) in [6.07, 6.45) is 1.99. The molecule has 0 saturated heterocycles. The van der Waals surface area contributed by atoms with E-state index in [0.717, 1.165) is 24.3 Å². The molecule has 0 amide bonds. The number of rotatable bonds is 5. The Morgan fingerprint density at radius 3 is 2.70 bits per heavy atom. The fraction of sp³-hybridized carbons (Fsp3) is 0.312. The van der Waals surface area contributed by atoms with Crippen LogP contribution in [0.25, 0.3) is 0 Å². The van der Waals surface area contributed by atoms with Gasteiger partial charge in [-0.1, -0.05) is 18.2 Å². The van der Waals surface area contributed by atoms with Gasteiger partial charge in [0.2, 0.25) is 0 Å². The minimum atomic E-state index is 0.684. The Balaban J connectivity index is 2.08. The molecular formula is C16H20N4. The van der Waals surface area contributed by atoms with Gasteiger partial charge in [0.25, 0.3) is 0 Å². The number of nitrogens with zero attached hydrogens (tertiary/aromatic N) is 3. The molecule has 1 aromatic heterocycles. The topological polar surface area (TPSA) is 44.0 Å². The molecule has 1 aromatic carbocycles. The van der Waals surface area contributed by atoms with E-state index in [4.69, 9.17) is 5.26 Å². The smallest absolute Gasteiger partial charge is 0.120 e. The third kappa shape index (κ3) is 3.40. The highest BCUT2D eigenvalue weighted by Gasteiger charge is 2.05. The van der Waals surface area contributed by atoms with Crippen LogP contribution in [0.15, 0.2) is 36.5 Å². The number of nitriles is 1. The highest BCUT2D eigenvalue weighted by molar-refractivity contribution is 5.51. The molecule has 0 fully saturated rings. The number of aromatic nitrogens is 1. The lowest BCUT2D eigenvalue weighted by molar-refractivity contribution is 0.403. The van der Waals surface area contributed by atoms with Crippen molar-refractivity contribution in [3.05, 3.63) is 53.3 Å². The lowest BCUT2D eigenvalue weighted by Crippen LogP contribution is -2.12. The average molecular weight is 268 g/mol. The van der Waals surface area contributed by atoms with E-state index in [2.05, 4.69) is 48.6 Å². The van der Waals surface area contributed by atoms with E-state index in [9.17, 15) is 0 Å². The zero-order valence-electron chi connectivity index (χ0n) is 12.2. The highest BCUT2D eigenvalue weighted by Crippen LogP contribution is 2.18. The third-order valence-electron chi connectivity index (χ3n) is 3.16. The first kappa shape index (κ1) is 14.2. The van der Waals surface area contributed by atoms with Crippen molar-refractivity contribution in [2.75, 3.05) is 19.4 Å². The van der Waals surface area contributed by atoms with Gasteiger partial charge >= 0.3 is 0 Å². The van der Waals surface area contributed by atoms with Crippen LogP contribution in [0.2, 0.25) is 0 Å². The van der Waals surface area contributed by atoms with Crippen molar-refractivity contribution in [1.29, 1.82) is 5.26 Å². The predicted octanol–water partition coefficient (Wildman–Crippen LogP) is 2.57. The summed E-state index contributed by atoms with van der Waals surface area (Å²) in [5.74, 6) is 0. The van der Waals surface area contributed by atoms with Crippen molar-refractivity contribution in [3.8, 4) is 6.07 Å². The lowest BCUT2D eigenvalue weighted by Gasteiger charge is -2.15. The molecule has 1 heterocycles. The van der Waals surface area contributed by atoms with Gasteiger partial charge in [-0.05, 0) is 37.4 Å². The summed E-state index contributed by atoms with van der Waals surface area (Å²) in [7, 11) is 6.02. The average Bonchev–Trinajstić information content (AvgIpc) is 2.77. The Hall–Kier alpha value is -2.25. The second-order valence-corrected chi connectivity index (χ2v) is 5.20. The fourth-order valence-corrected chi connectivity index (χ4v) is 2.21. The largest absolute Gasteiger partial charge is 0.381 e. The summed E-state index contributed by atoms with van der Waals surface area (Å²) in [4.78, 5) is 2.15. The van der Waals surface area contributed by atoms with E-state index in [1.165, 1.54) is 5.56 Å². The summed E-state index contributed by atoms with van der Waals surface area (Å²) >= 11 is 0. The maximum atomic E-state index is 8.96. The zero-order chi connectivity index (χ0) is 14.5. The molecular weight excluding hydrogens is 248 g/mol. The fourth-order valence-electron chi connectivity index (χ4n) is 2.21. The standard InChI is InChI=1S/C16H20N4/c1-19(2)12-14-6-4-5-7-16(14)18-10-13-8-15(9-17)20(3)11-13/h4-8,11,18H,10,12H2,1-3H3. The van der Waals surface area contributed by atoms with Crippen molar-refractivity contribution in [2.45, 2.75) is 13.1 Å². The van der Waals surface area contributed by atoms with Crippen LogP contribution in [0.3, 0.4) is 0 Å². The molecule has 0 spiro atoms. The molecule has 4 heteroatoms. The van der Waals surface area contributed by atoms with Crippen LogP contribution >= 0.6 is 0 Å². The monoisotopic (exact) mass is 268 g/mol. The van der Waals surface area contributed by atoms with Crippen LogP contribution in [-0.2, 0) is 20.1 Å². The minimum absolute atomic E-state index is 0.684. The lowest BCUT2D eigenvalue weighted by atomic mass is 10.1. The maximum absolute atomic E-state index is 8.96. The van der Waals surface area contributed by atoms with E-state index in [1.807, 2.05) is 29.9 Å².